The molecule has 0 N–H and O–H groups in total. The Morgan fingerprint density at radius 3 is 2.71 bits per heavy atom. The summed E-state index contributed by atoms with van der Waals surface area (Å²) >= 11 is 0.758. The van der Waals surface area contributed by atoms with Gasteiger partial charge >= 0.3 is 0 Å². The maximum absolute atomic E-state index is 12.6. The lowest BCUT2D eigenvalue weighted by Crippen LogP contribution is -2.45. The van der Waals surface area contributed by atoms with E-state index in [0.717, 1.165) is 16.7 Å². The molecule has 0 saturated carbocycles. The maximum Gasteiger partial charge on any atom is 0.294 e. The van der Waals surface area contributed by atoms with Crippen LogP contribution < -0.4 is 4.74 Å². The van der Waals surface area contributed by atoms with Crippen molar-refractivity contribution in [2.75, 3.05) is 32.2 Å². The van der Waals surface area contributed by atoms with Gasteiger partial charge in [0.15, 0.2) is 9.84 Å². The van der Waals surface area contributed by atoms with E-state index in [9.17, 15) is 22.8 Å². The number of amides is 3. The van der Waals surface area contributed by atoms with Crippen LogP contribution in [0.5, 0.6) is 5.75 Å². The molecule has 8 nitrogen and oxygen atoms in total. The molecular weight excluding hydrogens is 404 g/mol. The third-order valence-corrected chi connectivity index (χ3v) is 7.40. The van der Waals surface area contributed by atoms with Crippen LogP contribution in [0.4, 0.5) is 4.79 Å². The minimum atomic E-state index is -3.14. The zero-order valence-electron chi connectivity index (χ0n) is 15.5. The number of carbonyl (C=O) groups excluding carboxylic acids is 3. The van der Waals surface area contributed by atoms with Gasteiger partial charge in [-0.2, -0.15) is 0 Å². The molecule has 0 bridgehead atoms. The zero-order chi connectivity index (χ0) is 20.5. The normalized spacial score (nSPS) is 22.7. The largest absolute Gasteiger partial charge is 0.496 e. The lowest BCUT2D eigenvalue weighted by Gasteiger charge is -2.25. The fourth-order valence-electron chi connectivity index (χ4n) is 3.09. The Bertz CT molecular complexity index is 957. The van der Waals surface area contributed by atoms with Gasteiger partial charge in [0.25, 0.3) is 11.1 Å². The van der Waals surface area contributed by atoms with E-state index in [1.807, 2.05) is 0 Å². The molecule has 0 radical (unpaired) electrons. The molecule has 150 valence electrons. The fraction of sp³-hybridized carbons (Fsp3) is 0.389. The predicted molar refractivity (Wildman–Crippen MR) is 105 cm³/mol. The summed E-state index contributed by atoms with van der Waals surface area (Å²) in [6, 6.07) is 6.64. The van der Waals surface area contributed by atoms with Crippen molar-refractivity contribution in [1.82, 2.24) is 9.80 Å². The van der Waals surface area contributed by atoms with Crippen molar-refractivity contribution < 1.29 is 27.5 Å². The standard InChI is InChI=1S/C18H20N2O6S2/c1-19(13-7-8-28(24,25)11-13)16(21)10-20-17(22)15(27-18(20)23)9-12-5-3-4-6-14(12)26-2/h3-6,9,13H,7-8,10-11H2,1-2H3/b15-9-/t13-/m1/s1. The van der Waals surface area contributed by atoms with Gasteiger partial charge in [0.05, 0.1) is 23.5 Å². The van der Waals surface area contributed by atoms with Gasteiger partial charge in [-0.25, -0.2) is 8.42 Å². The number of sulfone groups is 1. The van der Waals surface area contributed by atoms with Crippen molar-refractivity contribution >= 4 is 44.7 Å². The molecule has 0 spiro atoms. The number of likely N-dealkylation sites (N-methyl/N-ethyl adjacent to an activating group) is 1. The van der Waals surface area contributed by atoms with Gasteiger partial charge in [-0.3, -0.25) is 19.3 Å². The van der Waals surface area contributed by atoms with Crippen LogP contribution in [0.15, 0.2) is 29.2 Å². The number of rotatable bonds is 5. The van der Waals surface area contributed by atoms with Crippen LogP contribution in [0.3, 0.4) is 0 Å². The number of methoxy groups -OCH3 is 1. The lowest BCUT2D eigenvalue weighted by atomic mass is 10.2. The fourth-order valence-corrected chi connectivity index (χ4v) is 5.70. The van der Waals surface area contributed by atoms with E-state index in [2.05, 4.69) is 0 Å². The quantitative estimate of drug-likeness (QED) is 0.658. The first-order valence-electron chi connectivity index (χ1n) is 8.56. The maximum atomic E-state index is 12.6. The van der Waals surface area contributed by atoms with E-state index in [4.69, 9.17) is 4.74 Å². The SMILES string of the molecule is COc1ccccc1/C=C1\SC(=O)N(CC(=O)N(C)[C@@H]2CCS(=O)(=O)C2)C1=O. The van der Waals surface area contributed by atoms with Crippen LogP contribution in [-0.4, -0.2) is 73.5 Å². The molecule has 0 unspecified atom stereocenters. The van der Waals surface area contributed by atoms with E-state index in [1.165, 1.54) is 19.1 Å². The van der Waals surface area contributed by atoms with Crippen molar-refractivity contribution in [3.63, 3.8) is 0 Å². The summed E-state index contributed by atoms with van der Waals surface area (Å²) in [5, 5.41) is -0.535. The number of para-hydroxylation sites is 1. The van der Waals surface area contributed by atoms with Gasteiger partial charge in [0, 0.05) is 18.7 Å². The van der Waals surface area contributed by atoms with Crippen LogP contribution in [0.1, 0.15) is 12.0 Å². The predicted octanol–water partition coefficient (Wildman–Crippen LogP) is 1.38. The third-order valence-electron chi connectivity index (χ3n) is 4.74. The van der Waals surface area contributed by atoms with Gasteiger partial charge in [0.1, 0.15) is 12.3 Å². The van der Waals surface area contributed by atoms with Crippen molar-refractivity contribution in [2.45, 2.75) is 12.5 Å². The van der Waals surface area contributed by atoms with Crippen molar-refractivity contribution in [1.29, 1.82) is 0 Å². The summed E-state index contributed by atoms with van der Waals surface area (Å²) in [6.45, 7) is -0.416. The summed E-state index contributed by atoms with van der Waals surface area (Å²) in [4.78, 5) is 39.8. The average molecular weight is 425 g/mol. The van der Waals surface area contributed by atoms with Crippen LogP contribution >= 0.6 is 11.8 Å². The number of hydrogen-bond donors (Lipinski definition) is 0. The van der Waals surface area contributed by atoms with Gasteiger partial charge < -0.3 is 9.64 Å². The first kappa shape index (κ1) is 20.4. The second-order valence-corrected chi connectivity index (χ2v) is 9.79. The summed E-state index contributed by atoms with van der Waals surface area (Å²) in [7, 11) is -0.132. The van der Waals surface area contributed by atoms with Gasteiger partial charge in [0.2, 0.25) is 5.91 Å². The number of benzene rings is 1. The molecule has 0 aromatic heterocycles. The smallest absolute Gasteiger partial charge is 0.294 e. The number of imide groups is 1. The zero-order valence-corrected chi connectivity index (χ0v) is 17.1. The second-order valence-electron chi connectivity index (χ2n) is 6.57. The topological polar surface area (TPSA) is 101 Å². The van der Waals surface area contributed by atoms with E-state index in [-0.39, 0.29) is 16.4 Å². The highest BCUT2D eigenvalue weighted by Gasteiger charge is 2.39. The summed E-state index contributed by atoms with van der Waals surface area (Å²) < 4.78 is 28.5. The minimum Gasteiger partial charge on any atom is -0.496 e. The Morgan fingerprint density at radius 2 is 2.07 bits per heavy atom. The van der Waals surface area contributed by atoms with Crippen LogP contribution in [0.2, 0.25) is 0 Å². The minimum absolute atomic E-state index is 0.0402. The van der Waals surface area contributed by atoms with Crippen molar-refractivity contribution in [2.24, 2.45) is 0 Å². The number of carbonyl (C=O) groups is 3. The number of hydrogen-bond acceptors (Lipinski definition) is 7. The van der Waals surface area contributed by atoms with Gasteiger partial charge in [-0.05, 0) is 30.3 Å². The third kappa shape index (κ3) is 4.22. The molecule has 2 fully saturated rings. The highest BCUT2D eigenvalue weighted by atomic mass is 32.2. The van der Waals surface area contributed by atoms with Crippen LogP contribution in [0, 0.1) is 0 Å². The highest BCUT2D eigenvalue weighted by molar-refractivity contribution is 8.18. The lowest BCUT2D eigenvalue weighted by molar-refractivity contribution is -0.136. The van der Waals surface area contributed by atoms with Crippen molar-refractivity contribution in [3.05, 3.63) is 34.7 Å². The molecule has 2 aliphatic heterocycles. The molecule has 0 aliphatic carbocycles. The van der Waals surface area contributed by atoms with Gasteiger partial charge in [-0.15, -0.1) is 0 Å². The molecule has 2 aliphatic rings. The van der Waals surface area contributed by atoms with E-state index >= 15 is 0 Å². The molecule has 10 heteroatoms. The summed E-state index contributed by atoms with van der Waals surface area (Å²) in [6.07, 6.45) is 1.92. The second kappa shape index (κ2) is 7.96. The molecule has 28 heavy (non-hydrogen) atoms. The molecule has 1 aromatic carbocycles. The molecule has 1 aromatic rings. The highest BCUT2D eigenvalue weighted by Crippen LogP contribution is 2.34. The molecule has 3 amide bonds. The Balaban J connectivity index is 1.72. The Morgan fingerprint density at radius 1 is 1.36 bits per heavy atom. The Labute approximate surface area is 167 Å². The molecule has 2 saturated heterocycles. The van der Waals surface area contributed by atoms with E-state index in [1.54, 1.807) is 30.3 Å². The molecule has 3 rings (SSSR count). The van der Waals surface area contributed by atoms with Crippen molar-refractivity contribution in [3.8, 4) is 5.75 Å². The first-order valence-corrected chi connectivity index (χ1v) is 11.2. The Kier molecular flexibility index (Phi) is 5.80. The Hall–Kier alpha value is -2.33. The number of thioether (sulfide) groups is 1. The molecule has 1 atom stereocenters. The number of ether oxygens (including phenoxy) is 1. The molecular formula is C18H20N2O6S2. The monoisotopic (exact) mass is 424 g/mol. The van der Waals surface area contributed by atoms with Crippen LogP contribution in [-0.2, 0) is 19.4 Å². The van der Waals surface area contributed by atoms with E-state index < -0.39 is 39.5 Å². The van der Waals surface area contributed by atoms with E-state index in [0.29, 0.717) is 17.7 Å². The number of nitrogens with zero attached hydrogens (tertiary/aromatic N) is 2. The first-order chi connectivity index (χ1) is 13.2. The molecule has 2 heterocycles. The average Bonchev–Trinajstić information content (AvgIpc) is 3.15. The summed E-state index contributed by atoms with van der Waals surface area (Å²) in [5.41, 5.74) is 0.648. The van der Waals surface area contributed by atoms with Gasteiger partial charge in [-0.1, -0.05) is 18.2 Å². The van der Waals surface area contributed by atoms with Crippen LogP contribution in [0.25, 0.3) is 6.08 Å². The summed E-state index contributed by atoms with van der Waals surface area (Å²) in [5.74, 6) is -0.513.